The highest BCUT2D eigenvalue weighted by molar-refractivity contribution is 7.15. The molecule has 1 aliphatic heterocycles. The summed E-state index contributed by atoms with van der Waals surface area (Å²) in [6.45, 7) is 1.77. The molecule has 2 heterocycles. The molecule has 130 valence electrons. The van der Waals surface area contributed by atoms with Gasteiger partial charge in [0.1, 0.15) is 10.8 Å². The van der Waals surface area contributed by atoms with Crippen LogP contribution in [0.1, 0.15) is 40.2 Å². The highest BCUT2D eigenvalue weighted by atomic mass is 32.1. The molecule has 0 spiro atoms. The molecule has 2 aromatic rings. The van der Waals surface area contributed by atoms with E-state index in [9.17, 15) is 9.59 Å². The van der Waals surface area contributed by atoms with E-state index >= 15 is 0 Å². The number of primary amides is 1. The quantitative estimate of drug-likeness (QED) is 0.917. The summed E-state index contributed by atoms with van der Waals surface area (Å²) >= 11 is 1.68. The number of carbonyl (C=O) groups is 2. The van der Waals surface area contributed by atoms with Crippen molar-refractivity contribution < 1.29 is 9.59 Å². The summed E-state index contributed by atoms with van der Waals surface area (Å²) in [5.41, 5.74) is 8.02. The van der Waals surface area contributed by atoms with Gasteiger partial charge in [-0.1, -0.05) is 18.2 Å². The molecule has 0 radical (unpaired) electrons. The number of ketones is 1. The second kappa shape index (κ2) is 6.69. The van der Waals surface area contributed by atoms with Gasteiger partial charge in [0.05, 0.1) is 5.69 Å². The largest absolute Gasteiger partial charge is 0.366 e. The minimum Gasteiger partial charge on any atom is -0.366 e. The first kappa shape index (κ1) is 16.4. The predicted molar refractivity (Wildman–Crippen MR) is 97.7 cm³/mol. The monoisotopic (exact) mass is 355 g/mol. The Labute approximate surface area is 150 Å². The molecule has 1 fully saturated rings. The van der Waals surface area contributed by atoms with E-state index in [1.54, 1.807) is 17.4 Å². The third-order valence-electron chi connectivity index (χ3n) is 5.21. The van der Waals surface area contributed by atoms with Crippen LogP contribution in [-0.2, 0) is 17.6 Å². The van der Waals surface area contributed by atoms with Gasteiger partial charge in [-0.2, -0.15) is 0 Å². The Hall–Kier alpha value is -2.05. The minimum atomic E-state index is -0.417. The maximum absolute atomic E-state index is 11.7. The van der Waals surface area contributed by atoms with E-state index in [-0.39, 0.29) is 0 Å². The number of aromatic nitrogens is 1. The topological polar surface area (TPSA) is 76.3 Å². The maximum Gasteiger partial charge on any atom is 0.249 e. The van der Waals surface area contributed by atoms with Crippen LogP contribution in [0.2, 0.25) is 0 Å². The molecule has 1 aliphatic carbocycles. The number of hydrogen-bond acceptors (Lipinski definition) is 5. The van der Waals surface area contributed by atoms with Crippen LogP contribution in [0.25, 0.3) is 10.6 Å². The molecule has 0 bridgehead atoms. The summed E-state index contributed by atoms with van der Waals surface area (Å²) in [4.78, 5) is 31.7. The van der Waals surface area contributed by atoms with Gasteiger partial charge in [-0.15, -0.1) is 11.3 Å². The molecule has 1 amide bonds. The van der Waals surface area contributed by atoms with Crippen LogP contribution in [0.15, 0.2) is 24.3 Å². The average Bonchev–Trinajstić information content (AvgIpc) is 3.05. The molecule has 1 aromatic carbocycles. The lowest BCUT2D eigenvalue weighted by molar-refractivity contribution is -0.122. The average molecular weight is 355 g/mol. The number of benzene rings is 1. The number of fused-ring (bicyclic) bond motifs is 1. The van der Waals surface area contributed by atoms with E-state index in [1.807, 2.05) is 18.2 Å². The predicted octanol–water partition coefficient (Wildman–Crippen LogP) is 2.43. The standard InChI is InChI=1S/C19H21N3O2S/c20-18(24)14-3-1-2-4-15(14)19-21-16-6-5-12(11-17(16)25-19)22-9-7-13(23)8-10-22/h1-4,12H,5-11H2,(H2,20,24)/t12-/m0/s1. The second-order valence-corrected chi connectivity index (χ2v) is 7.85. The number of thiazole rings is 1. The van der Waals surface area contributed by atoms with E-state index in [4.69, 9.17) is 10.7 Å². The fraction of sp³-hybridized carbons (Fsp3) is 0.421. The lowest BCUT2D eigenvalue weighted by Crippen LogP contribution is -2.44. The summed E-state index contributed by atoms with van der Waals surface area (Å²) in [6.07, 6.45) is 4.40. The highest BCUT2D eigenvalue weighted by Crippen LogP contribution is 2.35. The van der Waals surface area contributed by atoms with Gasteiger partial charge >= 0.3 is 0 Å². The molecule has 4 rings (SSSR count). The van der Waals surface area contributed by atoms with Gasteiger partial charge < -0.3 is 5.73 Å². The van der Waals surface area contributed by atoms with Gasteiger partial charge in [0.15, 0.2) is 0 Å². The normalized spacial score (nSPS) is 21.1. The number of aryl methyl sites for hydroxylation is 1. The second-order valence-electron chi connectivity index (χ2n) is 6.77. The Bertz CT molecular complexity index is 820. The molecule has 5 nitrogen and oxygen atoms in total. The van der Waals surface area contributed by atoms with Crippen molar-refractivity contribution in [1.82, 2.24) is 9.88 Å². The number of nitrogens with zero attached hydrogens (tertiary/aromatic N) is 2. The number of amides is 1. The molecule has 0 unspecified atom stereocenters. The van der Waals surface area contributed by atoms with E-state index in [1.165, 1.54) is 4.88 Å². The Balaban J connectivity index is 1.57. The highest BCUT2D eigenvalue weighted by Gasteiger charge is 2.29. The van der Waals surface area contributed by atoms with Gasteiger partial charge in [-0.05, 0) is 25.3 Å². The zero-order valence-electron chi connectivity index (χ0n) is 14.0. The van der Waals surface area contributed by atoms with Crippen LogP contribution in [0.4, 0.5) is 0 Å². The van der Waals surface area contributed by atoms with E-state index < -0.39 is 5.91 Å². The van der Waals surface area contributed by atoms with Crippen molar-refractivity contribution in [1.29, 1.82) is 0 Å². The summed E-state index contributed by atoms with van der Waals surface area (Å²) in [7, 11) is 0. The molecule has 1 aromatic heterocycles. The van der Waals surface area contributed by atoms with Crippen LogP contribution in [0, 0.1) is 0 Å². The van der Waals surface area contributed by atoms with E-state index in [0.29, 0.717) is 30.2 Å². The van der Waals surface area contributed by atoms with Gasteiger partial charge in [0, 0.05) is 48.0 Å². The number of hydrogen-bond donors (Lipinski definition) is 1. The van der Waals surface area contributed by atoms with Gasteiger partial charge in [0.2, 0.25) is 5.91 Å². The van der Waals surface area contributed by atoms with Crippen molar-refractivity contribution in [3.8, 4) is 10.6 Å². The fourth-order valence-corrected chi connectivity index (χ4v) is 5.03. The van der Waals surface area contributed by atoms with Crippen LogP contribution in [0.3, 0.4) is 0 Å². The van der Waals surface area contributed by atoms with Crippen molar-refractivity contribution in [2.24, 2.45) is 5.73 Å². The molecule has 0 saturated carbocycles. The first-order valence-corrected chi connectivity index (χ1v) is 9.57. The Morgan fingerprint density at radius 2 is 1.96 bits per heavy atom. The van der Waals surface area contributed by atoms with Crippen molar-refractivity contribution in [2.75, 3.05) is 13.1 Å². The lowest BCUT2D eigenvalue weighted by Gasteiger charge is -2.35. The fourth-order valence-electron chi connectivity index (χ4n) is 3.81. The Morgan fingerprint density at radius 1 is 1.20 bits per heavy atom. The van der Waals surface area contributed by atoms with Crippen molar-refractivity contribution in [2.45, 2.75) is 38.1 Å². The number of nitrogens with two attached hydrogens (primary N) is 1. The minimum absolute atomic E-state index is 0.385. The lowest BCUT2D eigenvalue weighted by atomic mass is 9.94. The SMILES string of the molecule is NC(=O)c1ccccc1-c1nc2c(s1)C[C@@H](N1CCC(=O)CC1)CC2. The zero-order valence-corrected chi connectivity index (χ0v) is 14.8. The molecular formula is C19H21N3O2S. The van der Waals surface area contributed by atoms with E-state index in [2.05, 4.69) is 4.90 Å². The molecule has 1 saturated heterocycles. The molecule has 1 atom stereocenters. The van der Waals surface area contributed by atoms with Gasteiger partial charge in [-0.3, -0.25) is 14.5 Å². The number of carbonyl (C=O) groups excluding carboxylic acids is 2. The van der Waals surface area contributed by atoms with Crippen LogP contribution >= 0.6 is 11.3 Å². The van der Waals surface area contributed by atoms with Crippen LogP contribution < -0.4 is 5.73 Å². The number of likely N-dealkylation sites (tertiary alicyclic amines) is 1. The number of Topliss-reactive ketones (excluding diaryl/α,β-unsaturated/α-hetero) is 1. The van der Waals surface area contributed by atoms with Crippen LogP contribution in [-0.4, -0.2) is 40.7 Å². The first-order chi connectivity index (χ1) is 12.1. The van der Waals surface area contributed by atoms with Crippen molar-refractivity contribution in [3.63, 3.8) is 0 Å². The number of piperidine rings is 1. The maximum atomic E-state index is 11.7. The first-order valence-electron chi connectivity index (χ1n) is 8.75. The van der Waals surface area contributed by atoms with Gasteiger partial charge in [-0.25, -0.2) is 4.98 Å². The third-order valence-corrected chi connectivity index (χ3v) is 6.36. The van der Waals surface area contributed by atoms with E-state index in [0.717, 1.165) is 48.6 Å². The Kier molecular flexibility index (Phi) is 4.39. The molecule has 25 heavy (non-hydrogen) atoms. The molecule has 2 aliphatic rings. The summed E-state index contributed by atoms with van der Waals surface area (Å²) in [6, 6.07) is 7.91. The molecule has 6 heteroatoms. The van der Waals surface area contributed by atoms with Crippen LogP contribution in [0.5, 0.6) is 0 Å². The van der Waals surface area contributed by atoms with Crippen molar-refractivity contribution >= 4 is 23.0 Å². The summed E-state index contributed by atoms with van der Waals surface area (Å²) in [5.74, 6) is -0.0319. The summed E-state index contributed by atoms with van der Waals surface area (Å²) in [5, 5.41) is 0.883. The molecule has 2 N–H and O–H groups in total. The van der Waals surface area contributed by atoms with Gasteiger partial charge in [0.25, 0.3) is 0 Å². The third kappa shape index (κ3) is 3.24. The number of rotatable bonds is 3. The van der Waals surface area contributed by atoms with Crippen molar-refractivity contribution in [3.05, 3.63) is 40.4 Å². The molecular weight excluding hydrogens is 334 g/mol. The smallest absolute Gasteiger partial charge is 0.249 e. The Morgan fingerprint density at radius 3 is 2.72 bits per heavy atom. The summed E-state index contributed by atoms with van der Waals surface area (Å²) < 4.78 is 0. The zero-order chi connectivity index (χ0) is 17.4.